The Morgan fingerprint density at radius 3 is 1.35 bits per heavy atom. The molecule has 4 heteroatoms. The van der Waals surface area contributed by atoms with Crippen molar-refractivity contribution in [1.29, 1.82) is 0 Å². The van der Waals surface area contributed by atoms with Crippen LogP contribution in [-0.4, -0.2) is 23.1 Å². The standard InChI is InChI=1S/C42H74O4/c1-3-5-7-9-11-12-13-14-15-16-17-18-19-20-21-22-23-24-25-31-35-39-42(45)46-40(36-32-28-10-8-6-4-2)37-33-29-26-27-30-34-38-41(43)44/h11-12,14-15,17-18,20-21,40H,3-10,13,16,19,22-39H2,1-2H3,(H,43,44)/b12-11-,15-14-,18-17-,21-20-. The highest BCUT2D eigenvalue weighted by Crippen LogP contribution is 2.18. The van der Waals surface area contributed by atoms with Crippen LogP contribution in [0, 0.1) is 0 Å². The van der Waals surface area contributed by atoms with Gasteiger partial charge < -0.3 is 9.84 Å². The molecule has 1 unspecified atom stereocenters. The molecule has 4 nitrogen and oxygen atoms in total. The van der Waals surface area contributed by atoms with Crippen molar-refractivity contribution < 1.29 is 19.4 Å². The second kappa shape index (κ2) is 37.4. The number of unbranched alkanes of at least 4 members (excludes halogenated alkanes) is 18. The second-order valence-corrected chi connectivity index (χ2v) is 13.1. The van der Waals surface area contributed by atoms with E-state index in [-0.39, 0.29) is 18.5 Å². The van der Waals surface area contributed by atoms with Crippen LogP contribution in [0.25, 0.3) is 0 Å². The van der Waals surface area contributed by atoms with Crippen LogP contribution in [-0.2, 0) is 14.3 Å². The average molecular weight is 643 g/mol. The summed E-state index contributed by atoms with van der Waals surface area (Å²) in [5, 5.41) is 8.76. The van der Waals surface area contributed by atoms with E-state index in [4.69, 9.17) is 9.84 Å². The van der Waals surface area contributed by atoms with Crippen LogP contribution in [0.4, 0.5) is 0 Å². The van der Waals surface area contributed by atoms with E-state index in [1.54, 1.807) is 0 Å². The summed E-state index contributed by atoms with van der Waals surface area (Å²) in [7, 11) is 0. The molecule has 0 aliphatic rings. The Hall–Kier alpha value is -2.10. The minimum Gasteiger partial charge on any atom is -0.481 e. The van der Waals surface area contributed by atoms with Gasteiger partial charge in [0.05, 0.1) is 0 Å². The molecule has 0 heterocycles. The lowest BCUT2D eigenvalue weighted by molar-refractivity contribution is -0.150. The van der Waals surface area contributed by atoms with Gasteiger partial charge in [-0.3, -0.25) is 9.59 Å². The van der Waals surface area contributed by atoms with Gasteiger partial charge in [-0.05, 0) is 83.5 Å². The molecule has 46 heavy (non-hydrogen) atoms. The van der Waals surface area contributed by atoms with E-state index in [2.05, 4.69) is 62.5 Å². The number of carboxylic acids is 1. The average Bonchev–Trinajstić information content (AvgIpc) is 3.04. The smallest absolute Gasteiger partial charge is 0.306 e. The second-order valence-electron chi connectivity index (χ2n) is 13.1. The number of carbonyl (C=O) groups excluding carboxylic acids is 1. The van der Waals surface area contributed by atoms with Crippen LogP contribution in [0.1, 0.15) is 200 Å². The molecule has 266 valence electrons. The quantitative estimate of drug-likeness (QED) is 0.0424. The normalized spacial score (nSPS) is 12.7. The number of allylic oxidation sites excluding steroid dienone is 8. The molecule has 0 bridgehead atoms. The van der Waals surface area contributed by atoms with Crippen molar-refractivity contribution in [2.24, 2.45) is 0 Å². The zero-order chi connectivity index (χ0) is 33.6. The van der Waals surface area contributed by atoms with Gasteiger partial charge in [-0.15, -0.1) is 0 Å². The molecule has 0 radical (unpaired) electrons. The van der Waals surface area contributed by atoms with Crippen molar-refractivity contribution in [3.05, 3.63) is 48.6 Å². The van der Waals surface area contributed by atoms with Crippen LogP contribution in [0.15, 0.2) is 48.6 Å². The maximum absolute atomic E-state index is 12.6. The van der Waals surface area contributed by atoms with Crippen molar-refractivity contribution in [3.63, 3.8) is 0 Å². The zero-order valence-electron chi connectivity index (χ0n) is 30.4. The number of hydrogen-bond donors (Lipinski definition) is 1. The first kappa shape index (κ1) is 43.9. The molecule has 0 saturated carbocycles. The predicted octanol–water partition coefficient (Wildman–Crippen LogP) is 13.6. The molecule has 0 fully saturated rings. The third-order valence-electron chi connectivity index (χ3n) is 8.55. The highest BCUT2D eigenvalue weighted by atomic mass is 16.5. The van der Waals surface area contributed by atoms with Crippen LogP contribution in [0.3, 0.4) is 0 Å². The lowest BCUT2D eigenvalue weighted by atomic mass is 10.0. The fourth-order valence-electron chi connectivity index (χ4n) is 5.64. The van der Waals surface area contributed by atoms with E-state index in [1.807, 2.05) is 0 Å². The molecule has 0 saturated heterocycles. The number of esters is 1. The van der Waals surface area contributed by atoms with Crippen molar-refractivity contribution in [2.45, 2.75) is 206 Å². The molecule has 1 atom stereocenters. The maximum Gasteiger partial charge on any atom is 0.306 e. The minimum atomic E-state index is -0.697. The lowest BCUT2D eigenvalue weighted by Gasteiger charge is -2.18. The SMILES string of the molecule is CCCCC/C=C\C/C=C\C/C=C\C/C=C\CCCCCCCC(=O)OC(CCCCCCCC)CCCCCCCCC(=O)O. The molecular formula is C42H74O4. The fraction of sp³-hybridized carbons (Fsp3) is 0.762. The Kier molecular flexibility index (Phi) is 35.7. The van der Waals surface area contributed by atoms with Crippen LogP contribution in [0.5, 0.6) is 0 Å². The Balaban J connectivity index is 3.93. The Morgan fingerprint density at radius 1 is 0.478 bits per heavy atom. The van der Waals surface area contributed by atoms with Gasteiger partial charge in [0.15, 0.2) is 0 Å². The summed E-state index contributed by atoms with van der Waals surface area (Å²) < 4.78 is 5.97. The number of carboxylic acid groups (broad SMARTS) is 1. The van der Waals surface area contributed by atoms with Gasteiger partial charge in [0.1, 0.15) is 6.10 Å². The summed E-state index contributed by atoms with van der Waals surface area (Å²) in [6.07, 6.45) is 49.9. The molecule has 0 amide bonds. The fourth-order valence-corrected chi connectivity index (χ4v) is 5.64. The van der Waals surface area contributed by atoms with Gasteiger partial charge in [-0.2, -0.15) is 0 Å². The Bertz CT molecular complexity index is 779. The van der Waals surface area contributed by atoms with Crippen molar-refractivity contribution in [1.82, 2.24) is 0 Å². The number of ether oxygens (including phenoxy) is 1. The van der Waals surface area contributed by atoms with Crippen molar-refractivity contribution >= 4 is 11.9 Å². The van der Waals surface area contributed by atoms with Gasteiger partial charge in [-0.1, -0.05) is 152 Å². The van der Waals surface area contributed by atoms with Crippen molar-refractivity contribution in [3.8, 4) is 0 Å². The topological polar surface area (TPSA) is 63.6 Å². The number of hydrogen-bond acceptors (Lipinski definition) is 3. The third kappa shape index (κ3) is 36.4. The molecule has 1 N–H and O–H groups in total. The van der Waals surface area contributed by atoms with E-state index in [1.165, 1.54) is 77.0 Å². The Labute approximate surface area is 285 Å². The first-order valence-corrected chi connectivity index (χ1v) is 19.6. The monoisotopic (exact) mass is 643 g/mol. The molecule has 0 aromatic carbocycles. The number of aliphatic carboxylic acids is 1. The van der Waals surface area contributed by atoms with Gasteiger partial charge in [-0.25, -0.2) is 0 Å². The minimum absolute atomic E-state index is 0.00854. The summed E-state index contributed by atoms with van der Waals surface area (Å²) in [4.78, 5) is 23.2. The van der Waals surface area contributed by atoms with E-state index in [0.717, 1.165) is 96.3 Å². The van der Waals surface area contributed by atoms with Crippen LogP contribution >= 0.6 is 0 Å². The summed E-state index contributed by atoms with van der Waals surface area (Å²) in [6, 6.07) is 0. The maximum atomic E-state index is 12.6. The summed E-state index contributed by atoms with van der Waals surface area (Å²) >= 11 is 0. The molecule has 0 aliphatic heterocycles. The van der Waals surface area contributed by atoms with E-state index in [9.17, 15) is 9.59 Å². The van der Waals surface area contributed by atoms with Gasteiger partial charge >= 0.3 is 11.9 Å². The van der Waals surface area contributed by atoms with Gasteiger partial charge in [0.2, 0.25) is 0 Å². The van der Waals surface area contributed by atoms with Gasteiger partial charge in [0.25, 0.3) is 0 Å². The highest BCUT2D eigenvalue weighted by molar-refractivity contribution is 5.69. The first-order valence-electron chi connectivity index (χ1n) is 19.6. The van der Waals surface area contributed by atoms with Crippen LogP contribution in [0.2, 0.25) is 0 Å². The first-order chi connectivity index (χ1) is 22.6. The zero-order valence-corrected chi connectivity index (χ0v) is 30.4. The molecule has 0 aromatic rings. The van der Waals surface area contributed by atoms with E-state index < -0.39 is 5.97 Å². The molecule has 0 rings (SSSR count). The van der Waals surface area contributed by atoms with Crippen molar-refractivity contribution in [2.75, 3.05) is 0 Å². The largest absolute Gasteiger partial charge is 0.481 e. The highest BCUT2D eigenvalue weighted by Gasteiger charge is 2.14. The molecule has 0 spiro atoms. The third-order valence-corrected chi connectivity index (χ3v) is 8.55. The Morgan fingerprint density at radius 2 is 0.848 bits per heavy atom. The predicted molar refractivity (Wildman–Crippen MR) is 199 cm³/mol. The molecule has 0 aliphatic carbocycles. The number of rotatable bonds is 35. The van der Waals surface area contributed by atoms with E-state index in [0.29, 0.717) is 6.42 Å². The summed E-state index contributed by atoms with van der Waals surface area (Å²) in [6.45, 7) is 4.49. The van der Waals surface area contributed by atoms with E-state index >= 15 is 0 Å². The van der Waals surface area contributed by atoms with Gasteiger partial charge in [0, 0.05) is 12.8 Å². The summed E-state index contributed by atoms with van der Waals surface area (Å²) in [5.41, 5.74) is 0. The van der Waals surface area contributed by atoms with Crippen LogP contribution < -0.4 is 0 Å². The lowest BCUT2D eigenvalue weighted by Crippen LogP contribution is -2.18. The molecular weight excluding hydrogens is 568 g/mol. The molecule has 0 aromatic heterocycles. The number of carbonyl (C=O) groups is 2. The summed E-state index contributed by atoms with van der Waals surface area (Å²) in [5.74, 6) is -0.705.